The number of carbonyl (C=O) groups excluding carboxylic acids is 4. The number of carbonyl (C=O) groups is 4. The molecule has 0 saturated carbocycles. The number of amides is 4. The fourth-order valence-electron chi connectivity index (χ4n) is 4.11. The van der Waals surface area contributed by atoms with Crippen LogP contribution < -0.4 is 10.3 Å². The molecule has 0 radical (unpaired) electrons. The second-order valence-electron chi connectivity index (χ2n) is 8.05. The molecular formula is C26H20N4O4. The molecule has 168 valence electrons. The minimum absolute atomic E-state index is 0.0502. The third-order valence-electron chi connectivity index (χ3n) is 5.88. The van der Waals surface area contributed by atoms with Gasteiger partial charge in [-0.15, -0.1) is 0 Å². The highest BCUT2D eigenvalue weighted by atomic mass is 16.2. The van der Waals surface area contributed by atoms with Gasteiger partial charge in [-0.3, -0.25) is 24.1 Å². The van der Waals surface area contributed by atoms with Crippen molar-refractivity contribution in [2.75, 3.05) is 5.01 Å². The average Bonchev–Trinajstić information content (AvgIpc) is 3.35. The maximum absolute atomic E-state index is 13.1. The molecule has 3 aromatic carbocycles. The lowest BCUT2D eigenvalue weighted by molar-refractivity contribution is -0.116. The number of hydrogen-bond acceptors (Lipinski definition) is 5. The number of anilines is 1. The monoisotopic (exact) mass is 452 g/mol. The van der Waals surface area contributed by atoms with Gasteiger partial charge in [-0.25, -0.2) is 0 Å². The first kappa shape index (κ1) is 21.3. The van der Waals surface area contributed by atoms with Gasteiger partial charge in [0.15, 0.2) is 0 Å². The largest absolute Gasteiger partial charge is 0.308 e. The van der Waals surface area contributed by atoms with E-state index >= 15 is 0 Å². The van der Waals surface area contributed by atoms with Crippen LogP contribution in [-0.2, 0) is 4.79 Å². The number of amidine groups is 1. The molecule has 5 rings (SSSR count). The lowest BCUT2D eigenvalue weighted by atomic mass is 10.1. The zero-order valence-electron chi connectivity index (χ0n) is 18.3. The maximum atomic E-state index is 13.1. The molecule has 1 N–H and O–H groups in total. The third-order valence-corrected chi connectivity index (χ3v) is 5.88. The molecule has 34 heavy (non-hydrogen) atoms. The maximum Gasteiger partial charge on any atom is 0.262 e. The van der Waals surface area contributed by atoms with Gasteiger partial charge in [0.25, 0.3) is 23.6 Å². The average molecular weight is 452 g/mol. The van der Waals surface area contributed by atoms with Crippen LogP contribution >= 0.6 is 0 Å². The van der Waals surface area contributed by atoms with Crippen LogP contribution in [0, 0.1) is 0 Å². The van der Waals surface area contributed by atoms with Crippen molar-refractivity contribution in [3.8, 4) is 0 Å². The highest BCUT2D eigenvalue weighted by Crippen LogP contribution is 2.31. The van der Waals surface area contributed by atoms with E-state index in [1.165, 1.54) is 28.1 Å². The van der Waals surface area contributed by atoms with Crippen LogP contribution in [-0.4, -0.2) is 34.4 Å². The Bertz CT molecular complexity index is 1350. The van der Waals surface area contributed by atoms with Gasteiger partial charge in [-0.1, -0.05) is 48.5 Å². The standard InChI is InChI=1S/C26H20N4O4/c1-16(17-8-4-2-5-9-17)29-25(33)20-13-12-18(14-21(20)26(29)34)24(32)27-22-15-23(31)30(28-22)19-10-6-3-7-11-19/h2-14,16H,15H2,1H3,(H,27,28,32). The molecular weight excluding hydrogens is 432 g/mol. The van der Waals surface area contributed by atoms with Gasteiger partial charge < -0.3 is 5.32 Å². The van der Waals surface area contributed by atoms with Gasteiger partial charge in [0, 0.05) is 5.56 Å². The molecule has 0 bridgehead atoms. The summed E-state index contributed by atoms with van der Waals surface area (Å²) in [6.45, 7) is 1.79. The Morgan fingerprint density at radius 2 is 1.53 bits per heavy atom. The summed E-state index contributed by atoms with van der Waals surface area (Å²) >= 11 is 0. The Hall–Kier alpha value is -4.59. The predicted octanol–water partition coefficient (Wildman–Crippen LogP) is 3.52. The minimum atomic E-state index is -0.515. The van der Waals surface area contributed by atoms with E-state index in [0.29, 0.717) is 5.69 Å². The first-order valence-corrected chi connectivity index (χ1v) is 10.8. The summed E-state index contributed by atoms with van der Waals surface area (Å²) in [6, 6.07) is 22.1. The van der Waals surface area contributed by atoms with Crippen molar-refractivity contribution < 1.29 is 19.2 Å². The van der Waals surface area contributed by atoms with Gasteiger partial charge >= 0.3 is 0 Å². The molecule has 1 atom stereocenters. The summed E-state index contributed by atoms with van der Waals surface area (Å²) in [5.41, 5.74) is 2.07. The van der Waals surface area contributed by atoms with Crippen molar-refractivity contribution in [2.24, 2.45) is 5.10 Å². The summed E-state index contributed by atoms with van der Waals surface area (Å²) in [5.74, 6) is -1.41. The van der Waals surface area contributed by atoms with E-state index in [9.17, 15) is 19.2 Å². The van der Waals surface area contributed by atoms with Gasteiger partial charge in [0.2, 0.25) is 0 Å². The number of nitrogens with zero attached hydrogens (tertiary/aromatic N) is 3. The zero-order chi connectivity index (χ0) is 23.8. The summed E-state index contributed by atoms with van der Waals surface area (Å²) in [4.78, 5) is 52.4. The molecule has 8 heteroatoms. The van der Waals surface area contributed by atoms with E-state index in [0.717, 1.165) is 5.56 Å². The molecule has 0 fully saturated rings. The van der Waals surface area contributed by atoms with Crippen molar-refractivity contribution in [1.82, 2.24) is 10.2 Å². The van der Waals surface area contributed by atoms with Gasteiger partial charge in [0.05, 0.1) is 29.3 Å². The van der Waals surface area contributed by atoms with E-state index in [4.69, 9.17) is 0 Å². The first-order chi connectivity index (χ1) is 16.4. The highest BCUT2D eigenvalue weighted by Gasteiger charge is 2.39. The van der Waals surface area contributed by atoms with E-state index in [1.807, 2.05) is 36.4 Å². The Labute approximate surface area is 195 Å². The topological polar surface area (TPSA) is 99.2 Å². The van der Waals surface area contributed by atoms with Crippen molar-refractivity contribution in [2.45, 2.75) is 19.4 Å². The molecule has 2 aliphatic heterocycles. The Kier molecular flexibility index (Phi) is 5.25. The first-order valence-electron chi connectivity index (χ1n) is 10.8. The summed E-state index contributed by atoms with van der Waals surface area (Å²) < 4.78 is 0. The number of benzene rings is 3. The zero-order valence-corrected chi connectivity index (χ0v) is 18.3. The number of hydrazone groups is 1. The normalized spacial score (nSPS) is 15.9. The van der Waals surface area contributed by atoms with Crippen LogP contribution in [0.4, 0.5) is 5.69 Å². The molecule has 0 aromatic heterocycles. The van der Waals surface area contributed by atoms with E-state index in [2.05, 4.69) is 10.4 Å². The molecule has 0 aliphatic carbocycles. The molecule has 0 saturated heterocycles. The smallest absolute Gasteiger partial charge is 0.262 e. The molecule has 2 aliphatic rings. The van der Waals surface area contributed by atoms with Crippen molar-refractivity contribution in [1.29, 1.82) is 0 Å². The number of hydrogen-bond donors (Lipinski definition) is 1. The lowest BCUT2D eigenvalue weighted by Crippen LogP contribution is -2.32. The molecule has 0 spiro atoms. The fourth-order valence-corrected chi connectivity index (χ4v) is 4.11. The van der Waals surface area contributed by atoms with E-state index in [-0.39, 0.29) is 34.9 Å². The molecule has 3 aromatic rings. The second-order valence-corrected chi connectivity index (χ2v) is 8.05. The third kappa shape index (κ3) is 3.65. The van der Waals surface area contributed by atoms with Gasteiger partial charge in [0.1, 0.15) is 5.84 Å². The summed E-state index contributed by atoms with van der Waals surface area (Å²) in [5, 5.41) is 8.09. The molecule has 1 unspecified atom stereocenters. The quantitative estimate of drug-likeness (QED) is 0.612. The van der Waals surface area contributed by atoms with Crippen molar-refractivity contribution in [3.05, 3.63) is 101 Å². The molecule has 8 nitrogen and oxygen atoms in total. The van der Waals surface area contributed by atoms with Gasteiger partial charge in [-0.05, 0) is 42.8 Å². The van der Waals surface area contributed by atoms with Crippen LogP contribution in [0.3, 0.4) is 0 Å². The number of rotatable bonds is 4. The SMILES string of the molecule is CC(c1ccccc1)N1C(=O)c2ccc(C(=O)NC3=NN(c4ccccc4)C(=O)C3)cc2C1=O. The molecule has 4 amide bonds. The Morgan fingerprint density at radius 3 is 2.24 bits per heavy atom. The highest BCUT2D eigenvalue weighted by molar-refractivity contribution is 6.23. The number of nitrogens with one attached hydrogen (secondary N) is 1. The van der Waals surface area contributed by atoms with Crippen LogP contribution in [0.25, 0.3) is 0 Å². The Balaban J connectivity index is 1.35. The van der Waals surface area contributed by atoms with Crippen LogP contribution in [0.2, 0.25) is 0 Å². The lowest BCUT2D eigenvalue weighted by Gasteiger charge is -2.22. The van der Waals surface area contributed by atoms with Crippen LogP contribution in [0.5, 0.6) is 0 Å². The van der Waals surface area contributed by atoms with E-state index in [1.54, 1.807) is 31.2 Å². The summed E-state index contributed by atoms with van der Waals surface area (Å²) in [7, 11) is 0. The minimum Gasteiger partial charge on any atom is -0.308 e. The number of imide groups is 1. The Morgan fingerprint density at radius 1 is 0.882 bits per heavy atom. The second kappa shape index (κ2) is 8.40. The van der Waals surface area contributed by atoms with Gasteiger partial charge in [-0.2, -0.15) is 10.1 Å². The summed E-state index contributed by atoms with van der Waals surface area (Å²) in [6.07, 6.45) is -0.0502. The molecule has 2 heterocycles. The van der Waals surface area contributed by atoms with Crippen LogP contribution in [0.1, 0.15) is 56.0 Å². The fraction of sp³-hybridized carbons (Fsp3) is 0.115. The van der Waals surface area contributed by atoms with Crippen LogP contribution in [0.15, 0.2) is 84.0 Å². The predicted molar refractivity (Wildman–Crippen MR) is 125 cm³/mol. The van der Waals surface area contributed by atoms with E-state index < -0.39 is 23.8 Å². The van der Waals surface area contributed by atoms with Crippen molar-refractivity contribution in [3.63, 3.8) is 0 Å². The van der Waals surface area contributed by atoms with Crippen molar-refractivity contribution >= 4 is 35.2 Å². The number of fused-ring (bicyclic) bond motifs is 1. The number of para-hydroxylation sites is 1.